The van der Waals surface area contributed by atoms with Gasteiger partial charge >= 0.3 is 5.97 Å². The summed E-state index contributed by atoms with van der Waals surface area (Å²) in [6.45, 7) is 3.61. The second-order valence-corrected chi connectivity index (χ2v) is 5.64. The fourth-order valence-corrected chi connectivity index (χ4v) is 2.46. The minimum Gasteiger partial charge on any atom is -0.618 e. The summed E-state index contributed by atoms with van der Waals surface area (Å²) >= 11 is 0. The number of carbonyl (C=O) groups is 1. The lowest BCUT2D eigenvalue weighted by Gasteiger charge is -2.30. The molecule has 21 heavy (non-hydrogen) atoms. The van der Waals surface area contributed by atoms with Crippen LogP contribution in [0, 0.1) is 11.0 Å². The van der Waals surface area contributed by atoms with Gasteiger partial charge in [0.1, 0.15) is 23.6 Å². The number of carbonyl (C=O) groups excluding carboxylic acids is 1. The molecule has 3 rings (SSSR count). The molecule has 0 unspecified atom stereocenters. The molecule has 0 aliphatic carbocycles. The Kier molecular flexibility index (Phi) is 2.97. The van der Waals surface area contributed by atoms with E-state index in [0.717, 1.165) is 0 Å². The van der Waals surface area contributed by atoms with Crippen molar-refractivity contribution in [1.29, 1.82) is 0 Å². The van der Waals surface area contributed by atoms with Gasteiger partial charge in [-0.05, 0) is 26.0 Å². The van der Waals surface area contributed by atoms with Gasteiger partial charge in [0.2, 0.25) is 17.2 Å². The minimum atomic E-state index is -0.680. The summed E-state index contributed by atoms with van der Waals surface area (Å²) in [6, 6.07) is 5.24. The van der Waals surface area contributed by atoms with Gasteiger partial charge in [-0.25, -0.2) is 9.18 Å². The van der Waals surface area contributed by atoms with Crippen LogP contribution >= 0.6 is 0 Å². The molecule has 0 aromatic heterocycles. The van der Waals surface area contributed by atoms with E-state index >= 15 is 0 Å². The van der Waals surface area contributed by atoms with E-state index in [9.17, 15) is 14.4 Å². The zero-order chi connectivity index (χ0) is 15.2. The van der Waals surface area contributed by atoms with Crippen LogP contribution in [-0.2, 0) is 14.3 Å². The van der Waals surface area contributed by atoms with Gasteiger partial charge in [0.25, 0.3) is 0 Å². The number of nitrogens with zero attached hydrogens (tertiary/aromatic N) is 1. The molecule has 0 saturated carbocycles. The Morgan fingerprint density at radius 1 is 1.29 bits per heavy atom. The maximum absolute atomic E-state index is 13.0. The van der Waals surface area contributed by atoms with Crippen molar-refractivity contribution < 1.29 is 23.4 Å². The third kappa shape index (κ3) is 2.37. The molecule has 0 atom stereocenters. The summed E-state index contributed by atoms with van der Waals surface area (Å²) in [5.41, 5.74) is 0.507. The number of halogens is 1. The molecular formula is C15H14FNO4. The first-order chi connectivity index (χ1) is 9.87. The maximum atomic E-state index is 13.0. The largest absolute Gasteiger partial charge is 0.618 e. The summed E-state index contributed by atoms with van der Waals surface area (Å²) in [6.07, 6.45) is 0.337. The second-order valence-electron chi connectivity index (χ2n) is 5.64. The van der Waals surface area contributed by atoms with Crippen LogP contribution in [0.3, 0.4) is 0 Å². The molecule has 6 heteroatoms. The predicted octanol–water partition coefficient (Wildman–Crippen LogP) is 2.42. The standard InChI is InChI=1S/C15H14FNO4/c1-15(2)7-12(11-8-20-14(18)13(11)21-15)17(19)10-5-3-9(16)4-6-10/h3-6H,7-8H2,1-2H3/b17-12+. The van der Waals surface area contributed by atoms with Crippen molar-refractivity contribution in [3.05, 3.63) is 46.6 Å². The highest BCUT2D eigenvalue weighted by molar-refractivity contribution is 6.07. The number of hydrogen-bond donors (Lipinski definition) is 0. The average Bonchev–Trinajstić information content (AvgIpc) is 2.78. The number of benzene rings is 1. The van der Waals surface area contributed by atoms with Crippen molar-refractivity contribution in [3.8, 4) is 0 Å². The Hall–Kier alpha value is -2.37. The van der Waals surface area contributed by atoms with Crippen molar-refractivity contribution in [2.45, 2.75) is 25.9 Å². The molecule has 0 radical (unpaired) electrons. The van der Waals surface area contributed by atoms with Crippen LogP contribution in [0.4, 0.5) is 10.1 Å². The lowest BCUT2D eigenvalue weighted by atomic mass is 9.93. The molecule has 0 fully saturated rings. The Morgan fingerprint density at radius 2 is 1.95 bits per heavy atom. The monoisotopic (exact) mass is 291 g/mol. The summed E-state index contributed by atoms with van der Waals surface area (Å²) < 4.78 is 24.2. The van der Waals surface area contributed by atoms with E-state index in [4.69, 9.17) is 9.47 Å². The number of hydrogen-bond acceptors (Lipinski definition) is 4. The molecule has 0 amide bonds. The lowest BCUT2D eigenvalue weighted by Crippen LogP contribution is -2.36. The molecule has 0 N–H and O–H groups in total. The first-order valence-electron chi connectivity index (χ1n) is 6.56. The third-order valence-corrected chi connectivity index (χ3v) is 3.43. The first-order valence-corrected chi connectivity index (χ1v) is 6.56. The molecule has 2 heterocycles. The molecular weight excluding hydrogens is 277 g/mol. The van der Waals surface area contributed by atoms with Gasteiger partial charge in [0, 0.05) is 12.1 Å². The van der Waals surface area contributed by atoms with Crippen LogP contribution in [0.2, 0.25) is 0 Å². The van der Waals surface area contributed by atoms with E-state index in [-0.39, 0.29) is 12.4 Å². The highest BCUT2D eigenvalue weighted by Gasteiger charge is 2.44. The quantitative estimate of drug-likeness (QED) is 0.345. The van der Waals surface area contributed by atoms with Crippen molar-refractivity contribution >= 4 is 17.4 Å². The van der Waals surface area contributed by atoms with Crippen molar-refractivity contribution in [1.82, 2.24) is 0 Å². The fourth-order valence-electron chi connectivity index (χ4n) is 2.46. The van der Waals surface area contributed by atoms with E-state index in [0.29, 0.717) is 28.1 Å². The molecule has 1 aromatic rings. The Labute approximate surface area is 120 Å². The zero-order valence-electron chi connectivity index (χ0n) is 11.7. The van der Waals surface area contributed by atoms with Crippen LogP contribution < -0.4 is 0 Å². The van der Waals surface area contributed by atoms with Crippen molar-refractivity contribution in [2.24, 2.45) is 0 Å². The Balaban J connectivity index is 2.12. The fraction of sp³-hybridized carbons (Fsp3) is 0.333. The van der Waals surface area contributed by atoms with E-state index < -0.39 is 17.4 Å². The zero-order valence-corrected chi connectivity index (χ0v) is 11.7. The normalized spacial score (nSPS) is 22.5. The highest BCUT2D eigenvalue weighted by atomic mass is 19.1. The highest BCUT2D eigenvalue weighted by Crippen LogP contribution is 2.34. The van der Waals surface area contributed by atoms with Gasteiger partial charge in [-0.3, -0.25) is 0 Å². The molecule has 0 spiro atoms. The van der Waals surface area contributed by atoms with Gasteiger partial charge in [-0.2, -0.15) is 4.74 Å². The topological polar surface area (TPSA) is 61.6 Å². The first kappa shape index (κ1) is 13.6. The average molecular weight is 291 g/mol. The molecule has 1 aromatic carbocycles. The maximum Gasteiger partial charge on any atom is 0.374 e. The minimum absolute atomic E-state index is 0.0273. The molecule has 110 valence electrons. The van der Waals surface area contributed by atoms with Gasteiger partial charge in [0.15, 0.2) is 0 Å². The Morgan fingerprint density at radius 3 is 2.62 bits per heavy atom. The summed E-state index contributed by atoms with van der Waals surface area (Å²) in [5, 5.41) is 12.5. The summed E-state index contributed by atoms with van der Waals surface area (Å²) in [7, 11) is 0. The van der Waals surface area contributed by atoms with Crippen LogP contribution in [0.15, 0.2) is 35.6 Å². The van der Waals surface area contributed by atoms with E-state index in [1.54, 1.807) is 13.8 Å². The second kappa shape index (κ2) is 4.58. The number of cyclic esters (lactones) is 1. The van der Waals surface area contributed by atoms with Gasteiger partial charge in [-0.15, -0.1) is 0 Å². The van der Waals surface area contributed by atoms with E-state index in [1.807, 2.05) is 0 Å². The van der Waals surface area contributed by atoms with E-state index in [1.165, 1.54) is 24.3 Å². The van der Waals surface area contributed by atoms with Crippen LogP contribution in [0.25, 0.3) is 0 Å². The lowest BCUT2D eigenvalue weighted by molar-refractivity contribution is -0.363. The summed E-state index contributed by atoms with van der Waals surface area (Å²) in [4.78, 5) is 11.7. The Bertz CT molecular complexity index is 673. The van der Waals surface area contributed by atoms with Crippen molar-refractivity contribution in [2.75, 3.05) is 6.61 Å². The third-order valence-electron chi connectivity index (χ3n) is 3.43. The molecule has 5 nitrogen and oxygen atoms in total. The molecule has 0 bridgehead atoms. The van der Waals surface area contributed by atoms with Gasteiger partial charge < -0.3 is 14.7 Å². The molecule has 2 aliphatic rings. The van der Waals surface area contributed by atoms with Crippen molar-refractivity contribution in [3.63, 3.8) is 0 Å². The van der Waals surface area contributed by atoms with Crippen LogP contribution in [-0.4, -0.2) is 28.6 Å². The van der Waals surface area contributed by atoms with Gasteiger partial charge in [-0.1, -0.05) is 0 Å². The molecule has 0 saturated heterocycles. The number of ether oxygens (including phenoxy) is 2. The number of rotatable bonds is 1. The number of esters is 1. The predicted molar refractivity (Wildman–Crippen MR) is 72.5 cm³/mol. The van der Waals surface area contributed by atoms with Crippen LogP contribution in [0.1, 0.15) is 20.3 Å². The van der Waals surface area contributed by atoms with Crippen LogP contribution in [0.5, 0.6) is 0 Å². The smallest absolute Gasteiger partial charge is 0.374 e. The molecule has 2 aliphatic heterocycles. The van der Waals surface area contributed by atoms with Gasteiger partial charge in [0.05, 0.1) is 6.42 Å². The SMILES string of the molecule is CC1(C)C/C(=[N+](\[O-])c2ccc(F)cc2)C2=C(O1)C(=O)OC2. The van der Waals surface area contributed by atoms with E-state index in [2.05, 4.69) is 0 Å². The summed E-state index contributed by atoms with van der Waals surface area (Å²) in [5.74, 6) is -0.865.